The number of hydrogen-bond donors (Lipinski definition) is 1. The second-order valence-electron chi connectivity index (χ2n) is 1.48. The van der Waals surface area contributed by atoms with Crippen molar-refractivity contribution in [1.82, 2.24) is 0 Å². The minimum absolute atomic E-state index is 0.0878. The molecule has 0 heterocycles. The van der Waals surface area contributed by atoms with Crippen LogP contribution in [0.4, 0.5) is 0 Å². The van der Waals surface area contributed by atoms with Crippen molar-refractivity contribution in [2.45, 2.75) is 6.29 Å². The van der Waals surface area contributed by atoms with Crippen LogP contribution in [0.5, 0.6) is 0 Å². The van der Waals surface area contributed by atoms with Crippen LogP contribution < -0.4 is 0 Å². The zero-order chi connectivity index (χ0) is 7.11. The summed E-state index contributed by atoms with van der Waals surface area (Å²) in [6.07, 6.45) is -0.880. The van der Waals surface area contributed by atoms with Gasteiger partial charge >= 0.3 is 0 Å². The van der Waals surface area contributed by atoms with Gasteiger partial charge in [0.05, 0.1) is 6.61 Å². The molecule has 0 aromatic rings. The van der Waals surface area contributed by atoms with E-state index < -0.39 is 6.29 Å². The molecule has 0 radical (unpaired) electrons. The molecule has 0 aliphatic carbocycles. The molecular formula is C5H12O4. The molecule has 1 atom stereocenters. The highest BCUT2D eigenvalue weighted by atomic mass is 16.7. The molecule has 1 N–H and O–H groups in total. The third-order valence-electron chi connectivity index (χ3n) is 0.688. The van der Waals surface area contributed by atoms with Crippen LogP contribution in [0.25, 0.3) is 0 Å². The van der Waals surface area contributed by atoms with Crippen molar-refractivity contribution in [3.8, 4) is 0 Å². The maximum atomic E-state index is 8.75. The van der Waals surface area contributed by atoms with E-state index in [-0.39, 0.29) is 13.4 Å². The maximum Gasteiger partial charge on any atom is 0.180 e. The van der Waals surface area contributed by atoms with Crippen LogP contribution in [0.3, 0.4) is 0 Å². The topological polar surface area (TPSA) is 47.9 Å². The van der Waals surface area contributed by atoms with Crippen LogP contribution in [-0.4, -0.2) is 39.0 Å². The van der Waals surface area contributed by atoms with Crippen LogP contribution in [0.1, 0.15) is 0 Å². The van der Waals surface area contributed by atoms with Crippen LogP contribution in [0, 0.1) is 0 Å². The van der Waals surface area contributed by atoms with Crippen molar-refractivity contribution < 1.29 is 19.3 Å². The molecule has 0 saturated heterocycles. The fourth-order valence-electron chi connectivity index (χ4n) is 0.337. The van der Waals surface area contributed by atoms with Crippen molar-refractivity contribution in [2.75, 3.05) is 27.6 Å². The average Bonchev–Trinajstić information content (AvgIpc) is 1.85. The van der Waals surface area contributed by atoms with Crippen LogP contribution in [-0.2, 0) is 14.2 Å². The van der Waals surface area contributed by atoms with Crippen molar-refractivity contribution >= 4 is 0 Å². The first-order chi connectivity index (χ1) is 4.31. The van der Waals surface area contributed by atoms with Crippen LogP contribution >= 0.6 is 0 Å². The second-order valence-corrected chi connectivity index (χ2v) is 1.48. The summed E-state index contributed by atoms with van der Waals surface area (Å²) in [6.45, 7) is 0.258. The molecule has 9 heavy (non-hydrogen) atoms. The molecule has 56 valence electrons. The van der Waals surface area contributed by atoms with Crippen molar-refractivity contribution in [1.29, 1.82) is 0 Å². The average molecular weight is 136 g/mol. The predicted octanol–water partition coefficient (Wildman–Crippen LogP) is -0.428. The third-order valence-corrected chi connectivity index (χ3v) is 0.688. The number of methoxy groups -OCH3 is 2. The quantitative estimate of drug-likeness (QED) is 0.521. The summed E-state index contributed by atoms with van der Waals surface area (Å²) in [5, 5.41) is 8.75. The first-order valence-corrected chi connectivity index (χ1v) is 2.58. The number of hydrogen-bond acceptors (Lipinski definition) is 4. The summed E-state index contributed by atoms with van der Waals surface area (Å²) in [6, 6.07) is 0. The fourth-order valence-corrected chi connectivity index (χ4v) is 0.337. The van der Waals surface area contributed by atoms with Gasteiger partial charge in [0, 0.05) is 14.2 Å². The largest absolute Gasteiger partial charge is 0.379 e. The molecule has 4 heteroatoms. The summed E-state index contributed by atoms with van der Waals surface area (Å²) in [4.78, 5) is 0. The van der Waals surface area contributed by atoms with Gasteiger partial charge in [-0.05, 0) is 0 Å². The molecule has 0 aliphatic heterocycles. The van der Waals surface area contributed by atoms with E-state index in [9.17, 15) is 0 Å². The van der Waals surface area contributed by atoms with Crippen molar-refractivity contribution in [3.05, 3.63) is 0 Å². The molecule has 0 amide bonds. The Morgan fingerprint density at radius 2 is 2.00 bits per heavy atom. The van der Waals surface area contributed by atoms with E-state index in [4.69, 9.17) is 5.11 Å². The molecule has 0 spiro atoms. The molecular weight excluding hydrogens is 124 g/mol. The van der Waals surface area contributed by atoms with Gasteiger partial charge in [0.25, 0.3) is 0 Å². The first-order valence-electron chi connectivity index (χ1n) is 2.58. The standard InChI is InChI=1S/C5H12O4/c1-7-3-5(6)9-4-8-2/h5-6H,3-4H2,1-2H3. The van der Waals surface area contributed by atoms with E-state index in [0.29, 0.717) is 0 Å². The Kier molecular flexibility index (Phi) is 5.86. The Bertz CT molecular complexity index is 56.9. The highest BCUT2D eigenvalue weighted by Crippen LogP contribution is 1.85. The van der Waals surface area contributed by atoms with Crippen molar-refractivity contribution in [2.24, 2.45) is 0 Å². The molecule has 0 bridgehead atoms. The van der Waals surface area contributed by atoms with Crippen LogP contribution in [0.15, 0.2) is 0 Å². The lowest BCUT2D eigenvalue weighted by atomic mass is 10.7. The van der Waals surface area contributed by atoms with Gasteiger partial charge in [0.2, 0.25) is 0 Å². The van der Waals surface area contributed by atoms with Gasteiger partial charge in [-0.2, -0.15) is 0 Å². The Labute approximate surface area is 54.3 Å². The first kappa shape index (κ1) is 8.84. The monoisotopic (exact) mass is 136 g/mol. The summed E-state index contributed by atoms with van der Waals surface area (Å²) >= 11 is 0. The SMILES string of the molecule is COCOC(O)COC. The highest BCUT2D eigenvalue weighted by Gasteiger charge is 1.99. The summed E-state index contributed by atoms with van der Waals surface area (Å²) < 4.78 is 13.7. The normalized spacial score (nSPS) is 13.7. The third kappa shape index (κ3) is 5.72. The lowest BCUT2D eigenvalue weighted by molar-refractivity contribution is -0.180. The number of rotatable bonds is 5. The van der Waals surface area contributed by atoms with Crippen LogP contribution in [0.2, 0.25) is 0 Å². The summed E-state index contributed by atoms with van der Waals surface area (Å²) in [5.74, 6) is 0. The zero-order valence-corrected chi connectivity index (χ0v) is 5.66. The summed E-state index contributed by atoms with van der Waals surface area (Å²) in [7, 11) is 2.97. The minimum atomic E-state index is -0.880. The van der Waals surface area contributed by atoms with Gasteiger partial charge in [0.1, 0.15) is 6.79 Å². The smallest absolute Gasteiger partial charge is 0.180 e. The summed E-state index contributed by atoms with van der Waals surface area (Å²) in [5.41, 5.74) is 0. The van der Waals surface area contributed by atoms with Crippen molar-refractivity contribution in [3.63, 3.8) is 0 Å². The maximum absolute atomic E-state index is 8.75. The predicted molar refractivity (Wildman–Crippen MR) is 30.8 cm³/mol. The Hall–Kier alpha value is -0.160. The molecule has 0 aromatic carbocycles. The molecule has 0 rings (SSSR count). The van der Waals surface area contributed by atoms with E-state index in [2.05, 4.69) is 14.2 Å². The van der Waals surface area contributed by atoms with Gasteiger partial charge in [-0.1, -0.05) is 0 Å². The molecule has 0 saturated carbocycles. The van der Waals surface area contributed by atoms with Gasteiger partial charge in [0.15, 0.2) is 6.29 Å². The molecule has 0 fully saturated rings. The lowest BCUT2D eigenvalue weighted by Gasteiger charge is -2.08. The van der Waals surface area contributed by atoms with E-state index in [1.165, 1.54) is 14.2 Å². The van der Waals surface area contributed by atoms with E-state index in [0.717, 1.165) is 0 Å². The molecule has 4 nitrogen and oxygen atoms in total. The van der Waals surface area contributed by atoms with Gasteiger partial charge in [-0.25, -0.2) is 0 Å². The Balaban J connectivity index is 2.95. The van der Waals surface area contributed by atoms with Gasteiger partial charge in [-0.15, -0.1) is 0 Å². The van der Waals surface area contributed by atoms with E-state index in [1.807, 2.05) is 0 Å². The van der Waals surface area contributed by atoms with Gasteiger partial charge < -0.3 is 19.3 Å². The Morgan fingerprint density at radius 3 is 2.44 bits per heavy atom. The molecule has 0 aliphatic rings. The molecule has 0 aromatic heterocycles. The highest BCUT2D eigenvalue weighted by molar-refractivity contribution is 4.31. The van der Waals surface area contributed by atoms with Gasteiger partial charge in [-0.3, -0.25) is 0 Å². The van der Waals surface area contributed by atoms with E-state index in [1.54, 1.807) is 0 Å². The fraction of sp³-hybridized carbons (Fsp3) is 1.00. The lowest BCUT2D eigenvalue weighted by Crippen LogP contribution is -2.19. The number of aliphatic hydroxyl groups is 1. The van der Waals surface area contributed by atoms with E-state index >= 15 is 0 Å². The molecule has 1 unspecified atom stereocenters. The number of aliphatic hydroxyl groups excluding tert-OH is 1. The zero-order valence-electron chi connectivity index (χ0n) is 5.66. The Morgan fingerprint density at radius 1 is 1.33 bits per heavy atom. The minimum Gasteiger partial charge on any atom is -0.379 e. The second kappa shape index (κ2) is 5.97. The number of ether oxygens (including phenoxy) is 3.